The van der Waals surface area contributed by atoms with Crippen LogP contribution in [0.15, 0.2) is 48.5 Å². The van der Waals surface area contributed by atoms with Crippen LogP contribution in [0, 0.1) is 5.82 Å². The number of carbonyl (C=O) groups is 1. The van der Waals surface area contributed by atoms with Gasteiger partial charge >= 0.3 is 5.97 Å². The van der Waals surface area contributed by atoms with Crippen molar-refractivity contribution in [1.29, 1.82) is 0 Å². The number of rotatable bonds is 3. The second-order valence-electron chi connectivity index (χ2n) is 4.45. The molecular formula is C16H12FNO3. The molecule has 0 aliphatic carbocycles. The van der Waals surface area contributed by atoms with Crippen LogP contribution in [-0.4, -0.2) is 18.1 Å². The first kappa shape index (κ1) is 13.2. The summed E-state index contributed by atoms with van der Waals surface area (Å²) in [7, 11) is 1.32. The molecular weight excluding hydrogens is 273 g/mol. The van der Waals surface area contributed by atoms with E-state index in [1.807, 2.05) is 6.07 Å². The van der Waals surface area contributed by atoms with E-state index < -0.39 is 5.97 Å². The lowest BCUT2D eigenvalue weighted by Gasteiger charge is -2.06. The van der Waals surface area contributed by atoms with Gasteiger partial charge in [-0.3, -0.25) is 0 Å². The topological polar surface area (TPSA) is 51.3 Å². The number of hydrogen-bond acceptors (Lipinski definition) is 3. The van der Waals surface area contributed by atoms with Gasteiger partial charge in [-0.05, 0) is 42.5 Å². The summed E-state index contributed by atoms with van der Waals surface area (Å²) in [5, 5.41) is 0.752. The number of esters is 1. The summed E-state index contributed by atoms with van der Waals surface area (Å²) in [6, 6.07) is 12.8. The maximum absolute atomic E-state index is 12.9. The molecule has 1 heterocycles. The predicted octanol–water partition coefficient (Wildman–Crippen LogP) is 3.89. The fourth-order valence-electron chi connectivity index (χ4n) is 2.07. The molecule has 0 aliphatic heterocycles. The first-order valence-electron chi connectivity index (χ1n) is 6.31. The molecule has 4 nitrogen and oxygen atoms in total. The molecule has 0 aliphatic rings. The van der Waals surface area contributed by atoms with Gasteiger partial charge in [-0.15, -0.1) is 0 Å². The van der Waals surface area contributed by atoms with Crippen LogP contribution in [0.2, 0.25) is 0 Å². The van der Waals surface area contributed by atoms with Crippen molar-refractivity contribution in [3.8, 4) is 11.5 Å². The standard InChI is InChI=1S/C16H12FNO3/c1-20-16(19)14-9-12-13(18-14)3-2-4-15(12)21-11-7-5-10(17)6-8-11/h2-9,18H,1H3. The smallest absolute Gasteiger partial charge is 0.354 e. The van der Waals surface area contributed by atoms with E-state index in [0.717, 1.165) is 10.9 Å². The zero-order chi connectivity index (χ0) is 14.8. The van der Waals surface area contributed by atoms with Crippen molar-refractivity contribution in [2.45, 2.75) is 0 Å². The van der Waals surface area contributed by atoms with E-state index in [2.05, 4.69) is 9.72 Å². The largest absolute Gasteiger partial charge is 0.464 e. The van der Waals surface area contributed by atoms with Gasteiger partial charge in [0.2, 0.25) is 0 Å². The van der Waals surface area contributed by atoms with Gasteiger partial charge in [0.05, 0.1) is 7.11 Å². The van der Waals surface area contributed by atoms with Gasteiger partial charge in [0, 0.05) is 10.9 Å². The summed E-state index contributed by atoms with van der Waals surface area (Å²) >= 11 is 0. The zero-order valence-corrected chi connectivity index (χ0v) is 11.2. The van der Waals surface area contributed by atoms with Crippen molar-refractivity contribution in [3.63, 3.8) is 0 Å². The molecule has 106 valence electrons. The zero-order valence-electron chi connectivity index (χ0n) is 11.2. The van der Waals surface area contributed by atoms with Crippen LogP contribution in [0.4, 0.5) is 4.39 Å². The Morgan fingerprint density at radius 3 is 2.62 bits per heavy atom. The van der Waals surface area contributed by atoms with Gasteiger partial charge in [-0.1, -0.05) is 6.07 Å². The lowest BCUT2D eigenvalue weighted by Crippen LogP contribution is -2.00. The molecule has 1 N–H and O–H groups in total. The molecule has 5 heteroatoms. The third-order valence-corrected chi connectivity index (χ3v) is 3.07. The SMILES string of the molecule is COC(=O)c1cc2c(Oc3ccc(F)cc3)cccc2[nH]1. The molecule has 0 saturated carbocycles. The Hall–Kier alpha value is -2.82. The minimum atomic E-state index is -0.445. The maximum Gasteiger partial charge on any atom is 0.354 e. The fraction of sp³-hybridized carbons (Fsp3) is 0.0625. The molecule has 2 aromatic carbocycles. The summed E-state index contributed by atoms with van der Waals surface area (Å²) in [6.07, 6.45) is 0. The lowest BCUT2D eigenvalue weighted by atomic mass is 10.2. The molecule has 0 spiro atoms. The number of aromatic amines is 1. The molecule has 0 unspecified atom stereocenters. The Kier molecular flexibility index (Phi) is 3.31. The number of H-pyrrole nitrogens is 1. The normalized spacial score (nSPS) is 10.6. The number of hydrogen-bond donors (Lipinski definition) is 1. The number of benzene rings is 2. The molecule has 21 heavy (non-hydrogen) atoms. The number of halogens is 1. The van der Waals surface area contributed by atoms with E-state index in [9.17, 15) is 9.18 Å². The van der Waals surface area contributed by atoms with Crippen LogP contribution >= 0.6 is 0 Å². The molecule has 1 aromatic heterocycles. The van der Waals surface area contributed by atoms with Gasteiger partial charge in [0.25, 0.3) is 0 Å². The molecule has 0 radical (unpaired) electrons. The summed E-state index contributed by atoms with van der Waals surface area (Å²) in [5.74, 6) is 0.323. The third-order valence-electron chi connectivity index (χ3n) is 3.07. The number of carbonyl (C=O) groups excluding carboxylic acids is 1. The van der Waals surface area contributed by atoms with Crippen molar-refractivity contribution >= 4 is 16.9 Å². The van der Waals surface area contributed by atoms with Crippen molar-refractivity contribution in [2.75, 3.05) is 7.11 Å². The quantitative estimate of drug-likeness (QED) is 0.743. The highest BCUT2D eigenvalue weighted by atomic mass is 19.1. The van der Waals surface area contributed by atoms with Gasteiger partial charge in [-0.2, -0.15) is 0 Å². The number of aromatic nitrogens is 1. The van der Waals surface area contributed by atoms with Crippen LogP contribution in [0.5, 0.6) is 11.5 Å². The lowest BCUT2D eigenvalue weighted by molar-refractivity contribution is 0.0595. The Morgan fingerprint density at radius 1 is 1.14 bits per heavy atom. The highest BCUT2D eigenvalue weighted by Crippen LogP contribution is 2.30. The van der Waals surface area contributed by atoms with Gasteiger partial charge < -0.3 is 14.5 Å². The number of fused-ring (bicyclic) bond motifs is 1. The molecule has 3 aromatic rings. The highest BCUT2D eigenvalue weighted by Gasteiger charge is 2.12. The third kappa shape index (κ3) is 2.58. The van der Waals surface area contributed by atoms with Crippen molar-refractivity contribution in [3.05, 3.63) is 60.0 Å². The average molecular weight is 285 g/mol. The predicted molar refractivity (Wildman–Crippen MR) is 76.1 cm³/mol. The first-order chi connectivity index (χ1) is 10.2. The van der Waals surface area contributed by atoms with Crippen molar-refractivity contribution in [2.24, 2.45) is 0 Å². The Bertz CT molecular complexity index is 793. The Labute approximate surface area is 120 Å². The number of methoxy groups -OCH3 is 1. The van der Waals surface area contributed by atoms with Crippen LogP contribution in [0.25, 0.3) is 10.9 Å². The van der Waals surface area contributed by atoms with E-state index in [0.29, 0.717) is 17.2 Å². The van der Waals surface area contributed by atoms with Gasteiger partial charge in [0.1, 0.15) is 23.0 Å². The van der Waals surface area contributed by atoms with Crippen molar-refractivity contribution < 1.29 is 18.7 Å². The van der Waals surface area contributed by atoms with Gasteiger partial charge in [-0.25, -0.2) is 9.18 Å². The van der Waals surface area contributed by atoms with Crippen LogP contribution in [0.1, 0.15) is 10.5 Å². The maximum atomic E-state index is 12.9. The van der Waals surface area contributed by atoms with E-state index in [-0.39, 0.29) is 5.82 Å². The Balaban J connectivity index is 2.00. The summed E-state index contributed by atoms with van der Waals surface area (Å²) in [4.78, 5) is 14.5. The van der Waals surface area contributed by atoms with Crippen LogP contribution in [0.3, 0.4) is 0 Å². The number of ether oxygens (including phenoxy) is 2. The molecule has 0 fully saturated rings. The molecule has 3 rings (SSSR count). The van der Waals surface area contributed by atoms with Crippen LogP contribution < -0.4 is 4.74 Å². The van der Waals surface area contributed by atoms with Gasteiger partial charge in [0.15, 0.2) is 0 Å². The second kappa shape index (κ2) is 5.28. The summed E-state index contributed by atoms with van der Waals surface area (Å²) in [6.45, 7) is 0. The van der Waals surface area contributed by atoms with E-state index in [1.165, 1.54) is 19.2 Å². The van der Waals surface area contributed by atoms with Crippen molar-refractivity contribution in [1.82, 2.24) is 4.98 Å². The number of nitrogens with one attached hydrogen (secondary N) is 1. The first-order valence-corrected chi connectivity index (χ1v) is 6.31. The Morgan fingerprint density at radius 2 is 1.90 bits per heavy atom. The molecule has 0 amide bonds. The van der Waals surface area contributed by atoms with E-state index >= 15 is 0 Å². The van der Waals surface area contributed by atoms with E-state index in [1.54, 1.807) is 30.3 Å². The molecule has 0 atom stereocenters. The molecule has 0 saturated heterocycles. The van der Waals surface area contributed by atoms with E-state index in [4.69, 9.17) is 4.74 Å². The summed E-state index contributed by atoms with van der Waals surface area (Å²) in [5.41, 5.74) is 1.11. The fourth-order valence-corrected chi connectivity index (χ4v) is 2.07. The highest BCUT2D eigenvalue weighted by molar-refractivity contribution is 5.97. The second-order valence-corrected chi connectivity index (χ2v) is 4.45. The minimum absolute atomic E-state index is 0.324. The summed E-state index contributed by atoms with van der Waals surface area (Å²) < 4.78 is 23.3. The molecule has 0 bridgehead atoms. The minimum Gasteiger partial charge on any atom is -0.464 e. The average Bonchev–Trinajstić information content (AvgIpc) is 2.94. The van der Waals surface area contributed by atoms with Crippen LogP contribution in [-0.2, 0) is 4.74 Å². The monoisotopic (exact) mass is 285 g/mol.